The summed E-state index contributed by atoms with van der Waals surface area (Å²) < 4.78 is 40.7. The monoisotopic (exact) mass is 631 g/mol. The van der Waals surface area contributed by atoms with Gasteiger partial charge in [-0.1, -0.05) is 42.5 Å². The molecule has 0 atom stereocenters. The quantitative estimate of drug-likeness (QED) is 0.162. The van der Waals surface area contributed by atoms with E-state index in [1.54, 1.807) is 18.2 Å². The van der Waals surface area contributed by atoms with Gasteiger partial charge in [0.25, 0.3) is 16.1 Å². The van der Waals surface area contributed by atoms with Crippen molar-refractivity contribution in [1.29, 1.82) is 0 Å². The van der Waals surface area contributed by atoms with Gasteiger partial charge in [0.2, 0.25) is 17.1 Å². The first kappa shape index (κ1) is 32.1. The molecule has 0 aliphatic heterocycles. The molecule has 0 radical (unpaired) electrons. The highest BCUT2D eigenvalue weighted by Gasteiger charge is 2.38. The predicted octanol–water partition coefficient (Wildman–Crippen LogP) is 2.47. The Morgan fingerprint density at radius 1 is 0.977 bits per heavy atom. The highest BCUT2D eigenvalue weighted by molar-refractivity contribution is 7.87. The molecule has 43 heavy (non-hydrogen) atoms. The maximum absolute atomic E-state index is 13.1. The Hall–Kier alpha value is -3.85. The maximum Gasteiger partial charge on any atom is 0.376 e. The summed E-state index contributed by atoms with van der Waals surface area (Å²) in [5.74, 6) is -0.767. The number of carbonyl (C=O) groups is 2. The maximum atomic E-state index is 13.1. The van der Waals surface area contributed by atoms with E-state index in [0.29, 0.717) is 43.5 Å². The summed E-state index contributed by atoms with van der Waals surface area (Å²) in [7, 11) is -1.11. The van der Waals surface area contributed by atoms with Crippen LogP contribution in [0.15, 0.2) is 54.6 Å². The topological polar surface area (TPSA) is 174 Å². The summed E-state index contributed by atoms with van der Waals surface area (Å²) in [4.78, 5) is 36.2. The number of rotatable bonds is 13. The Labute approximate surface area is 255 Å². The lowest BCUT2D eigenvalue weighted by Crippen LogP contribution is -2.49. The first-order valence-electron chi connectivity index (χ1n) is 13.6. The fourth-order valence-electron chi connectivity index (χ4n) is 5.06. The van der Waals surface area contributed by atoms with Crippen LogP contribution in [-0.2, 0) is 20.4 Å². The van der Waals surface area contributed by atoms with Crippen molar-refractivity contribution in [3.8, 4) is 5.75 Å². The number of benzene rings is 2. The van der Waals surface area contributed by atoms with E-state index in [0.717, 1.165) is 5.56 Å². The second kappa shape index (κ2) is 14.6. The average Bonchev–Trinajstić information content (AvgIpc) is 3.02. The smallest absolute Gasteiger partial charge is 0.376 e. The molecule has 1 heterocycles. The summed E-state index contributed by atoms with van der Waals surface area (Å²) in [6.45, 7) is 0.535. The van der Waals surface area contributed by atoms with Gasteiger partial charge in [0.05, 0.1) is 19.8 Å². The van der Waals surface area contributed by atoms with Crippen LogP contribution in [0.25, 0.3) is 0 Å². The van der Waals surface area contributed by atoms with E-state index < -0.39 is 16.2 Å². The van der Waals surface area contributed by atoms with Gasteiger partial charge < -0.3 is 20.1 Å². The normalized spacial score (nSPS) is 18.4. The van der Waals surface area contributed by atoms with Gasteiger partial charge in [0, 0.05) is 31.1 Å². The third-order valence-electron chi connectivity index (χ3n) is 7.27. The number of ether oxygens (including phenoxy) is 2. The molecule has 0 unspecified atom stereocenters. The zero-order valence-corrected chi connectivity index (χ0v) is 25.4. The van der Waals surface area contributed by atoms with Gasteiger partial charge in [0.1, 0.15) is 5.75 Å². The third kappa shape index (κ3) is 8.60. The fraction of sp³-hybridized carbons (Fsp3) is 0.393. The number of methoxy groups -OCH3 is 2. The van der Waals surface area contributed by atoms with Gasteiger partial charge in [-0.25, -0.2) is 9.52 Å². The fourth-order valence-corrected chi connectivity index (χ4v) is 6.35. The second-order valence-corrected chi connectivity index (χ2v) is 11.9. The number of anilines is 1. The number of nitrogens with one attached hydrogen (secondary N) is 4. The first-order valence-corrected chi connectivity index (χ1v) is 15.5. The molecule has 0 saturated heterocycles. The van der Waals surface area contributed by atoms with Crippen LogP contribution in [0.3, 0.4) is 0 Å². The molecule has 1 amide bonds. The number of hydrogen-bond donors (Lipinski definition) is 4. The number of amides is 1. The third-order valence-corrected chi connectivity index (χ3v) is 8.66. The van der Waals surface area contributed by atoms with Crippen molar-refractivity contribution in [3.63, 3.8) is 0 Å². The predicted molar refractivity (Wildman–Crippen MR) is 160 cm³/mol. The molecule has 1 aliphatic carbocycles. The van der Waals surface area contributed by atoms with E-state index >= 15 is 0 Å². The molecule has 0 spiro atoms. The molecule has 4 rings (SSSR count). The molecule has 15 heteroatoms. The highest BCUT2D eigenvalue weighted by Crippen LogP contribution is 2.39. The van der Waals surface area contributed by atoms with Crippen LogP contribution in [0.5, 0.6) is 5.75 Å². The zero-order chi connectivity index (χ0) is 30.9. The Balaban J connectivity index is 1.32. The molecule has 0 bridgehead atoms. The molecule has 1 aromatic heterocycles. The number of esters is 1. The van der Waals surface area contributed by atoms with Crippen LogP contribution in [0.1, 0.15) is 52.2 Å². The standard InChI is InChI=1S/C28H34ClN7O6S/c1-41-22-11-7-6-10-21(22)24(37)31-18-28(19-8-4-3-5-9-19)14-12-20(13-15-28)36-43(39,40)32-17-16-30-27-34-23(25(38)42-2)33-26(29)35-27/h3-11,20,32,36H,12-18H2,1-2H3,(H,31,37)(H,30,33,34,35)/t20-,28-. The van der Waals surface area contributed by atoms with E-state index in [-0.39, 0.29) is 47.5 Å². The Bertz CT molecular complexity index is 1520. The number of para-hydroxylation sites is 1. The van der Waals surface area contributed by atoms with Crippen LogP contribution >= 0.6 is 11.6 Å². The van der Waals surface area contributed by atoms with E-state index in [4.69, 9.17) is 16.3 Å². The number of nitrogens with zero attached hydrogens (tertiary/aromatic N) is 3. The molecule has 13 nitrogen and oxygen atoms in total. The second-order valence-electron chi connectivity index (χ2n) is 9.99. The van der Waals surface area contributed by atoms with Gasteiger partial charge in [-0.05, 0) is 55.0 Å². The number of carbonyl (C=O) groups excluding carboxylic acids is 2. The van der Waals surface area contributed by atoms with E-state index in [9.17, 15) is 18.0 Å². The van der Waals surface area contributed by atoms with Crippen LogP contribution < -0.4 is 24.8 Å². The summed E-state index contributed by atoms with van der Waals surface area (Å²) in [5.41, 5.74) is 1.19. The number of hydrogen-bond acceptors (Lipinski definition) is 10. The molecule has 1 aliphatic rings. The van der Waals surface area contributed by atoms with Crippen molar-refractivity contribution in [2.75, 3.05) is 39.2 Å². The lowest BCUT2D eigenvalue weighted by Gasteiger charge is -2.41. The van der Waals surface area contributed by atoms with Gasteiger partial charge >= 0.3 is 5.97 Å². The van der Waals surface area contributed by atoms with Crippen molar-refractivity contribution >= 4 is 39.6 Å². The molecular weight excluding hydrogens is 598 g/mol. The van der Waals surface area contributed by atoms with Crippen molar-refractivity contribution in [3.05, 3.63) is 76.8 Å². The minimum atomic E-state index is -3.82. The van der Waals surface area contributed by atoms with Crippen molar-refractivity contribution < 1.29 is 27.5 Å². The zero-order valence-electron chi connectivity index (χ0n) is 23.8. The molecular formula is C28H34ClN7O6S. The Kier molecular flexibility index (Phi) is 10.9. The highest BCUT2D eigenvalue weighted by atomic mass is 35.5. The molecule has 1 saturated carbocycles. The molecule has 1 fully saturated rings. The molecule has 2 aromatic carbocycles. The van der Waals surface area contributed by atoms with Crippen molar-refractivity contribution in [2.45, 2.75) is 37.1 Å². The summed E-state index contributed by atoms with van der Waals surface area (Å²) in [5, 5.41) is 5.68. The summed E-state index contributed by atoms with van der Waals surface area (Å²) in [6, 6.07) is 16.7. The summed E-state index contributed by atoms with van der Waals surface area (Å²) >= 11 is 5.82. The first-order chi connectivity index (χ1) is 20.6. The van der Waals surface area contributed by atoms with Crippen LogP contribution in [0, 0.1) is 0 Å². The van der Waals surface area contributed by atoms with Gasteiger partial charge in [0.15, 0.2) is 0 Å². The minimum absolute atomic E-state index is 0.00916. The largest absolute Gasteiger partial charge is 0.496 e. The SMILES string of the molecule is COC(=O)c1nc(Cl)nc(NCCNS(=O)(=O)N[C@H]2CC[C@](CNC(=O)c3ccccc3OC)(c3ccccc3)CC2)n1. The lowest BCUT2D eigenvalue weighted by molar-refractivity contribution is 0.0586. The van der Waals surface area contributed by atoms with Crippen molar-refractivity contribution in [2.24, 2.45) is 0 Å². The lowest BCUT2D eigenvalue weighted by atomic mass is 9.68. The van der Waals surface area contributed by atoms with Gasteiger partial charge in [-0.3, -0.25) is 4.79 Å². The van der Waals surface area contributed by atoms with E-state index in [1.807, 2.05) is 36.4 Å². The van der Waals surface area contributed by atoms with Gasteiger partial charge in [-0.2, -0.15) is 28.1 Å². The van der Waals surface area contributed by atoms with Gasteiger partial charge in [-0.15, -0.1) is 0 Å². The Morgan fingerprint density at radius 2 is 1.67 bits per heavy atom. The minimum Gasteiger partial charge on any atom is -0.496 e. The molecule has 230 valence electrons. The molecule has 4 N–H and O–H groups in total. The number of aromatic nitrogens is 3. The van der Waals surface area contributed by atoms with Crippen LogP contribution in [0.2, 0.25) is 5.28 Å². The van der Waals surface area contributed by atoms with E-state index in [2.05, 4.69) is 39.8 Å². The van der Waals surface area contributed by atoms with Crippen LogP contribution in [-0.4, -0.2) is 75.1 Å². The van der Waals surface area contributed by atoms with Crippen LogP contribution in [0.4, 0.5) is 5.95 Å². The summed E-state index contributed by atoms with van der Waals surface area (Å²) in [6.07, 6.45) is 2.50. The Morgan fingerprint density at radius 3 is 2.37 bits per heavy atom. The number of halogens is 1. The molecule has 3 aromatic rings. The average molecular weight is 632 g/mol. The van der Waals surface area contributed by atoms with E-state index in [1.165, 1.54) is 14.2 Å². The van der Waals surface area contributed by atoms with Crippen molar-refractivity contribution in [1.82, 2.24) is 29.7 Å².